The molecular weight excluding hydrogens is 514 g/mol. The summed E-state index contributed by atoms with van der Waals surface area (Å²) < 4.78 is 14.0. The Hall–Kier alpha value is -3.57. The van der Waals surface area contributed by atoms with E-state index in [1.54, 1.807) is 20.6 Å². The first kappa shape index (κ1) is 26.6. The van der Waals surface area contributed by atoms with Gasteiger partial charge in [0, 0.05) is 19.7 Å². The number of hydrogen-bond donors (Lipinski definition) is 1. The monoisotopic (exact) mass is 549 g/mol. The van der Waals surface area contributed by atoms with Crippen molar-refractivity contribution in [2.24, 2.45) is 11.8 Å². The molecule has 11 heteroatoms. The number of aromatic nitrogens is 3. The summed E-state index contributed by atoms with van der Waals surface area (Å²) in [6, 6.07) is 6.61. The number of cyclic esters (lactones) is 1. The molecule has 1 aromatic carbocycles. The molecule has 2 aromatic rings. The van der Waals surface area contributed by atoms with Gasteiger partial charge in [0.15, 0.2) is 0 Å². The van der Waals surface area contributed by atoms with Crippen LogP contribution in [-0.2, 0) is 30.5 Å². The number of rotatable bonds is 9. The molecule has 5 heterocycles. The SMILES string of the molecule is CC[C@@]12C=CCOC(=O)[C@@H]1[C@H]1C(=O)N(CCCCCCO)C3C(=O)N(Cn4nnc5ccccc54)CC=C[C@@]31O2. The number of hydrogen-bond acceptors (Lipinski definition) is 8. The lowest BCUT2D eigenvalue weighted by Crippen LogP contribution is -2.56. The van der Waals surface area contributed by atoms with Crippen LogP contribution in [0.1, 0.15) is 39.0 Å². The maximum Gasteiger partial charge on any atom is 0.313 e. The lowest BCUT2D eigenvalue weighted by atomic mass is 9.73. The van der Waals surface area contributed by atoms with Gasteiger partial charge in [-0.25, -0.2) is 4.68 Å². The number of benzene rings is 1. The highest BCUT2D eigenvalue weighted by Gasteiger charge is 2.75. The fourth-order valence-corrected chi connectivity index (χ4v) is 6.94. The number of unbranched alkanes of at least 4 members (excludes halogenated alkanes) is 3. The average Bonchev–Trinajstić information content (AvgIpc) is 3.49. The van der Waals surface area contributed by atoms with Gasteiger partial charge in [0.2, 0.25) is 5.91 Å². The van der Waals surface area contributed by atoms with Crippen molar-refractivity contribution in [3.63, 3.8) is 0 Å². The minimum atomic E-state index is -1.31. The van der Waals surface area contributed by atoms with Gasteiger partial charge in [-0.1, -0.05) is 55.3 Å². The number of para-hydroxylation sites is 1. The molecule has 2 saturated heterocycles. The van der Waals surface area contributed by atoms with Gasteiger partial charge in [-0.3, -0.25) is 14.4 Å². The molecule has 11 nitrogen and oxygen atoms in total. The predicted molar refractivity (Wildman–Crippen MR) is 143 cm³/mol. The minimum absolute atomic E-state index is 0.121. The average molecular weight is 550 g/mol. The molecule has 1 N–H and O–H groups in total. The molecule has 0 aliphatic carbocycles. The van der Waals surface area contributed by atoms with E-state index >= 15 is 0 Å². The smallest absolute Gasteiger partial charge is 0.313 e. The highest BCUT2D eigenvalue weighted by Crippen LogP contribution is 2.58. The molecule has 2 amide bonds. The number of ether oxygens (including phenoxy) is 2. The van der Waals surface area contributed by atoms with E-state index in [9.17, 15) is 14.4 Å². The number of aliphatic hydroxyl groups excluding tert-OH is 1. The van der Waals surface area contributed by atoms with Crippen LogP contribution in [0.2, 0.25) is 0 Å². The van der Waals surface area contributed by atoms with E-state index in [2.05, 4.69) is 10.3 Å². The van der Waals surface area contributed by atoms with Crippen LogP contribution >= 0.6 is 0 Å². The van der Waals surface area contributed by atoms with Crippen LogP contribution in [0.15, 0.2) is 48.6 Å². The van der Waals surface area contributed by atoms with Gasteiger partial charge in [0.05, 0.1) is 11.4 Å². The zero-order valence-corrected chi connectivity index (χ0v) is 22.6. The van der Waals surface area contributed by atoms with E-state index in [1.165, 1.54) is 0 Å². The van der Waals surface area contributed by atoms with Crippen LogP contribution in [0.5, 0.6) is 0 Å². The summed E-state index contributed by atoms with van der Waals surface area (Å²) in [4.78, 5) is 45.3. The minimum Gasteiger partial charge on any atom is -0.461 e. The molecule has 40 heavy (non-hydrogen) atoms. The van der Waals surface area contributed by atoms with Gasteiger partial charge in [-0.2, -0.15) is 0 Å². The molecule has 0 bridgehead atoms. The van der Waals surface area contributed by atoms with Gasteiger partial charge < -0.3 is 24.4 Å². The number of likely N-dealkylation sites (tertiary alicyclic amines) is 1. The number of fused-ring (bicyclic) bond motifs is 3. The second-order valence-corrected chi connectivity index (χ2v) is 11.0. The Kier molecular flexibility index (Phi) is 6.95. The molecule has 212 valence electrons. The number of carbonyl (C=O) groups excluding carboxylic acids is 3. The number of nitrogens with zero attached hydrogens (tertiary/aromatic N) is 5. The van der Waals surface area contributed by atoms with Crippen molar-refractivity contribution in [2.45, 2.75) is 62.9 Å². The van der Waals surface area contributed by atoms with Crippen LogP contribution in [0.3, 0.4) is 0 Å². The van der Waals surface area contributed by atoms with Crippen LogP contribution < -0.4 is 0 Å². The lowest BCUT2D eigenvalue weighted by molar-refractivity contribution is -0.159. The third-order valence-corrected chi connectivity index (χ3v) is 8.81. The van der Waals surface area contributed by atoms with E-state index in [1.807, 2.05) is 49.4 Å². The summed E-state index contributed by atoms with van der Waals surface area (Å²) in [6.45, 7) is 2.98. The predicted octanol–water partition coefficient (Wildman–Crippen LogP) is 1.81. The molecular formula is C29H35N5O6. The van der Waals surface area contributed by atoms with Gasteiger partial charge in [-0.05, 0) is 37.5 Å². The number of aliphatic hydroxyl groups is 1. The molecule has 6 rings (SSSR count). The number of esters is 1. The Morgan fingerprint density at radius 2 is 1.85 bits per heavy atom. The van der Waals surface area contributed by atoms with Crippen LogP contribution in [0, 0.1) is 11.8 Å². The molecule has 5 atom stereocenters. The molecule has 1 unspecified atom stereocenters. The Morgan fingerprint density at radius 1 is 1.02 bits per heavy atom. The van der Waals surface area contributed by atoms with E-state index in [0.29, 0.717) is 32.4 Å². The van der Waals surface area contributed by atoms with Crippen LogP contribution in [0.25, 0.3) is 11.0 Å². The fourth-order valence-electron chi connectivity index (χ4n) is 6.94. The molecule has 2 fully saturated rings. The van der Waals surface area contributed by atoms with E-state index in [0.717, 1.165) is 23.9 Å². The fraction of sp³-hybridized carbons (Fsp3) is 0.552. The van der Waals surface area contributed by atoms with Crippen molar-refractivity contribution < 1.29 is 29.0 Å². The van der Waals surface area contributed by atoms with Gasteiger partial charge >= 0.3 is 5.97 Å². The summed E-state index contributed by atoms with van der Waals surface area (Å²) in [5, 5.41) is 17.6. The van der Waals surface area contributed by atoms with Crippen LogP contribution in [0.4, 0.5) is 0 Å². The third kappa shape index (κ3) is 4.05. The first-order valence-corrected chi connectivity index (χ1v) is 14.2. The maximum atomic E-state index is 14.4. The normalized spacial score (nSPS) is 31.2. The van der Waals surface area contributed by atoms with Gasteiger partial charge in [0.1, 0.15) is 42.0 Å². The van der Waals surface area contributed by atoms with Gasteiger partial charge in [0.25, 0.3) is 5.91 Å². The molecule has 4 aliphatic heterocycles. The van der Waals surface area contributed by atoms with Gasteiger partial charge in [-0.15, -0.1) is 5.10 Å². The molecule has 1 spiro atoms. The highest BCUT2D eigenvalue weighted by atomic mass is 16.6. The van der Waals surface area contributed by atoms with Crippen molar-refractivity contribution in [1.82, 2.24) is 24.8 Å². The highest BCUT2D eigenvalue weighted by molar-refractivity contribution is 5.99. The zero-order valence-electron chi connectivity index (χ0n) is 22.6. The van der Waals surface area contributed by atoms with Crippen molar-refractivity contribution in [3.8, 4) is 0 Å². The summed E-state index contributed by atoms with van der Waals surface area (Å²) in [7, 11) is 0. The Labute approximate surface area is 232 Å². The van der Waals surface area contributed by atoms with Crippen molar-refractivity contribution >= 4 is 28.8 Å². The topological polar surface area (TPSA) is 127 Å². The molecule has 0 radical (unpaired) electrons. The van der Waals surface area contributed by atoms with E-state index in [4.69, 9.17) is 14.6 Å². The summed E-state index contributed by atoms with van der Waals surface area (Å²) in [5.74, 6) is -2.71. The summed E-state index contributed by atoms with van der Waals surface area (Å²) >= 11 is 0. The Morgan fingerprint density at radius 3 is 2.67 bits per heavy atom. The lowest BCUT2D eigenvalue weighted by Gasteiger charge is -2.38. The number of carbonyl (C=O) groups is 3. The Balaban J connectivity index is 1.38. The first-order valence-electron chi connectivity index (χ1n) is 14.2. The van der Waals surface area contributed by atoms with Crippen molar-refractivity contribution in [3.05, 3.63) is 48.6 Å². The van der Waals surface area contributed by atoms with E-state index in [-0.39, 0.29) is 31.7 Å². The second kappa shape index (κ2) is 10.4. The molecule has 0 saturated carbocycles. The van der Waals surface area contributed by atoms with E-state index < -0.39 is 35.0 Å². The molecule has 4 aliphatic rings. The van der Waals surface area contributed by atoms with Crippen molar-refractivity contribution in [2.75, 3.05) is 26.3 Å². The first-order chi connectivity index (χ1) is 19.5. The third-order valence-electron chi connectivity index (χ3n) is 8.81. The summed E-state index contributed by atoms with van der Waals surface area (Å²) in [6.07, 6.45) is 10.8. The second-order valence-electron chi connectivity index (χ2n) is 11.0. The quantitative estimate of drug-likeness (QED) is 0.285. The van der Waals surface area contributed by atoms with Crippen LogP contribution in [-0.4, -0.2) is 91.2 Å². The summed E-state index contributed by atoms with van der Waals surface area (Å²) in [5.41, 5.74) is -0.815. The standard InChI is InChI=1S/C29H35N5O6/c1-2-28-13-10-18-39-27(38)23(28)22-25(36)33(16-7-3-4-8-17-35)24-26(37)32(15-9-14-29(22,24)40-28)19-34-21-12-6-5-11-20(21)30-31-34/h5-6,9-14,22-24,35H,2-4,7-8,15-19H2,1H3/t22-,23-,24?,28+,29-/m0/s1. The largest absolute Gasteiger partial charge is 0.461 e. The maximum absolute atomic E-state index is 14.4. The Bertz CT molecular complexity index is 1370. The zero-order chi connectivity index (χ0) is 27.9. The van der Waals surface area contributed by atoms with Crippen molar-refractivity contribution in [1.29, 1.82) is 0 Å². The molecule has 1 aromatic heterocycles. The number of amides is 2.